The Morgan fingerprint density at radius 3 is 2.46 bits per heavy atom. The van der Waals surface area contributed by atoms with E-state index in [2.05, 4.69) is 13.8 Å². The highest BCUT2D eigenvalue weighted by Gasteiger charge is 2.76. The van der Waals surface area contributed by atoms with E-state index in [0.29, 0.717) is 27.9 Å². The number of Topliss-reactive ketones (excluding diaryl/α,β-unsaturated/α-hetero) is 1. The lowest BCUT2D eigenvalue weighted by atomic mass is 9.49. The summed E-state index contributed by atoms with van der Waals surface area (Å²) in [5, 5.41) is 10.6. The fourth-order valence-corrected chi connectivity index (χ4v) is 9.08. The summed E-state index contributed by atoms with van der Waals surface area (Å²) in [4.78, 5) is 12.2. The summed E-state index contributed by atoms with van der Waals surface area (Å²) in [5.41, 5.74) is 0.942. The van der Waals surface area contributed by atoms with Crippen molar-refractivity contribution in [1.29, 1.82) is 0 Å². The Hall–Kier alpha value is -0.370. The maximum absolute atomic E-state index is 12.2. The molecule has 5 aliphatic carbocycles. The highest BCUT2D eigenvalue weighted by Crippen LogP contribution is 2.83. The lowest BCUT2D eigenvalue weighted by Crippen LogP contribution is -2.51. The monoisotopic (exact) mass is 330 g/mol. The van der Waals surface area contributed by atoms with Crippen LogP contribution in [-0.2, 0) is 4.79 Å². The number of rotatable bonds is 1. The van der Waals surface area contributed by atoms with Crippen LogP contribution in [0, 0.1) is 39.9 Å². The van der Waals surface area contributed by atoms with E-state index in [9.17, 15) is 9.90 Å². The number of fused-ring (bicyclic) bond motifs is 3. The Kier molecular flexibility index (Phi) is 2.96. The van der Waals surface area contributed by atoms with Crippen LogP contribution in [0.15, 0.2) is 0 Å². The van der Waals surface area contributed by atoms with E-state index in [4.69, 9.17) is 0 Å². The van der Waals surface area contributed by atoms with Gasteiger partial charge in [-0.15, -0.1) is 0 Å². The van der Waals surface area contributed by atoms with Gasteiger partial charge in [0.1, 0.15) is 5.78 Å². The molecule has 0 saturated heterocycles. The van der Waals surface area contributed by atoms with Gasteiger partial charge in [0.25, 0.3) is 0 Å². The van der Waals surface area contributed by atoms with Crippen molar-refractivity contribution in [2.75, 3.05) is 0 Å². The number of carbonyl (C=O) groups is 1. The van der Waals surface area contributed by atoms with Crippen molar-refractivity contribution in [2.24, 2.45) is 39.9 Å². The van der Waals surface area contributed by atoms with Gasteiger partial charge in [-0.05, 0) is 112 Å². The second-order valence-electron chi connectivity index (χ2n) is 11.0. The Morgan fingerprint density at radius 2 is 1.71 bits per heavy atom. The van der Waals surface area contributed by atoms with Crippen LogP contribution >= 0.6 is 0 Å². The third-order valence-electron chi connectivity index (χ3n) is 10.0. The molecular weight excluding hydrogens is 296 g/mol. The molecule has 5 aliphatic rings. The predicted molar refractivity (Wildman–Crippen MR) is 94.4 cm³/mol. The molecule has 5 saturated carbocycles. The number of hydrogen-bond acceptors (Lipinski definition) is 2. The molecule has 0 spiro atoms. The average molecular weight is 331 g/mol. The zero-order chi connectivity index (χ0) is 17.0. The molecular formula is C22H34O2. The molecule has 0 bridgehead atoms. The van der Waals surface area contributed by atoms with E-state index in [1.807, 2.05) is 6.92 Å². The van der Waals surface area contributed by atoms with Crippen molar-refractivity contribution in [3.63, 3.8) is 0 Å². The van der Waals surface area contributed by atoms with Crippen molar-refractivity contribution in [2.45, 2.75) is 90.6 Å². The molecule has 0 aliphatic heterocycles. The first-order valence-electron chi connectivity index (χ1n) is 10.5. The molecule has 2 nitrogen and oxygen atoms in total. The van der Waals surface area contributed by atoms with Crippen molar-refractivity contribution in [1.82, 2.24) is 0 Å². The quantitative estimate of drug-likeness (QED) is 0.754. The van der Waals surface area contributed by atoms with Crippen LogP contribution < -0.4 is 0 Å². The molecule has 5 fully saturated rings. The zero-order valence-electron chi connectivity index (χ0n) is 15.7. The summed E-state index contributed by atoms with van der Waals surface area (Å²) < 4.78 is 0. The summed E-state index contributed by atoms with van der Waals surface area (Å²) in [6.07, 6.45) is 12.5. The minimum Gasteiger partial charge on any atom is -0.390 e. The summed E-state index contributed by atoms with van der Waals surface area (Å²) in [6, 6.07) is 0. The van der Waals surface area contributed by atoms with E-state index >= 15 is 0 Å². The number of aliphatic hydroxyl groups is 1. The van der Waals surface area contributed by atoms with Gasteiger partial charge >= 0.3 is 0 Å². The zero-order valence-corrected chi connectivity index (χ0v) is 15.7. The van der Waals surface area contributed by atoms with Crippen LogP contribution in [0.3, 0.4) is 0 Å². The van der Waals surface area contributed by atoms with Gasteiger partial charge in [0.05, 0.1) is 5.60 Å². The standard InChI is InChI=1S/C22H34O2/c1-14(23)16-4-5-17-15-6-9-21-12-19(2,24)10-11-22(21,13-21)18(15)7-8-20(16,17)3/h15-18,24H,4-13H2,1-3H3/t15-,16+,17-,18-,19+,20+,21+,22-/m0/s1. The molecule has 0 aromatic carbocycles. The number of carbonyl (C=O) groups excluding carboxylic acids is 1. The van der Waals surface area contributed by atoms with Gasteiger partial charge in [-0.1, -0.05) is 6.92 Å². The summed E-state index contributed by atoms with van der Waals surface area (Å²) in [5.74, 6) is 3.33. The summed E-state index contributed by atoms with van der Waals surface area (Å²) >= 11 is 0. The van der Waals surface area contributed by atoms with Gasteiger partial charge in [-0.25, -0.2) is 0 Å². The fourth-order valence-electron chi connectivity index (χ4n) is 9.08. The normalized spacial score (nSPS) is 61.3. The molecule has 0 radical (unpaired) electrons. The van der Waals surface area contributed by atoms with E-state index in [1.54, 1.807) is 0 Å². The molecule has 24 heavy (non-hydrogen) atoms. The molecule has 0 heterocycles. The number of ketones is 1. The van der Waals surface area contributed by atoms with Gasteiger partial charge in [-0.2, -0.15) is 0 Å². The van der Waals surface area contributed by atoms with E-state index in [-0.39, 0.29) is 0 Å². The third kappa shape index (κ3) is 1.75. The third-order valence-corrected chi connectivity index (χ3v) is 10.0. The van der Waals surface area contributed by atoms with Crippen LogP contribution in [0.1, 0.15) is 85.0 Å². The van der Waals surface area contributed by atoms with E-state index in [1.165, 1.54) is 44.9 Å². The lowest BCUT2D eigenvalue weighted by Gasteiger charge is -2.56. The molecule has 5 rings (SSSR count). The van der Waals surface area contributed by atoms with Gasteiger partial charge in [0.15, 0.2) is 0 Å². The Balaban J connectivity index is 1.45. The Morgan fingerprint density at radius 1 is 0.917 bits per heavy atom. The average Bonchev–Trinajstić information content (AvgIpc) is 3.03. The smallest absolute Gasteiger partial charge is 0.133 e. The fraction of sp³-hybridized carbons (Fsp3) is 0.955. The molecule has 2 heteroatoms. The molecule has 134 valence electrons. The molecule has 8 atom stereocenters. The second-order valence-corrected chi connectivity index (χ2v) is 11.0. The molecule has 0 aromatic heterocycles. The largest absolute Gasteiger partial charge is 0.390 e. The van der Waals surface area contributed by atoms with Crippen molar-refractivity contribution < 1.29 is 9.90 Å². The van der Waals surface area contributed by atoms with Crippen LogP contribution in [0.4, 0.5) is 0 Å². The van der Waals surface area contributed by atoms with Crippen molar-refractivity contribution in [3.8, 4) is 0 Å². The highest BCUT2D eigenvalue weighted by molar-refractivity contribution is 5.79. The molecule has 0 unspecified atom stereocenters. The molecule has 0 amide bonds. The maximum atomic E-state index is 12.2. The van der Waals surface area contributed by atoms with E-state index < -0.39 is 5.60 Å². The topological polar surface area (TPSA) is 37.3 Å². The van der Waals surface area contributed by atoms with Crippen LogP contribution in [0.5, 0.6) is 0 Å². The van der Waals surface area contributed by atoms with E-state index in [0.717, 1.165) is 37.0 Å². The Labute approximate surface area is 146 Å². The van der Waals surface area contributed by atoms with Crippen LogP contribution in [0.2, 0.25) is 0 Å². The summed E-state index contributed by atoms with van der Waals surface area (Å²) in [6.45, 7) is 6.35. The highest BCUT2D eigenvalue weighted by atomic mass is 16.3. The molecule has 1 N–H and O–H groups in total. The minimum absolute atomic E-state index is 0.290. The Bertz CT molecular complexity index is 595. The van der Waals surface area contributed by atoms with Crippen molar-refractivity contribution >= 4 is 5.78 Å². The van der Waals surface area contributed by atoms with Crippen molar-refractivity contribution in [3.05, 3.63) is 0 Å². The molecule has 0 aromatic rings. The SMILES string of the molecule is CC(=O)[C@H]1CC[C@H]2[C@@H]3CC[C@]45C[C@](C)(O)CC[C@]4(C5)[C@H]3CC[C@]12C. The van der Waals surface area contributed by atoms with Gasteiger partial charge < -0.3 is 5.11 Å². The van der Waals surface area contributed by atoms with Gasteiger partial charge in [-0.3, -0.25) is 4.79 Å². The lowest BCUT2D eigenvalue weighted by molar-refractivity contribution is -0.130. The van der Waals surface area contributed by atoms with Crippen LogP contribution in [0.25, 0.3) is 0 Å². The van der Waals surface area contributed by atoms with Crippen LogP contribution in [-0.4, -0.2) is 16.5 Å². The first-order valence-corrected chi connectivity index (χ1v) is 10.5. The predicted octanol–water partition coefficient (Wildman–Crippen LogP) is 4.74. The minimum atomic E-state index is -0.414. The first kappa shape index (κ1) is 15.9. The van der Waals surface area contributed by atoms with Gasteiger partial charge in [0.2, 0.25) is 0 Å². The first-order chi connectivity index (χ1) is 11.2. The number of hydrogen-bond donors (Lipinski definition) is 1. The van der Waals surface area contributed by atoms with Gasteiger partial charge in [0, 0.05) is 5.92 Å². The maximum Gasteiger partial charge on any atom is 0.133 e. The second kappa shape index (κ2) is 4.48. The summed E-state index contributed by atoms with van der Waals surface area (Å²) in [7, 11) is 0.